The number of hydrogen-bond acceptors (Lipinski definition) is 3. The predicted octanol–water partition coefficient (Wildman–Crippen LogP) is 3.74. The number of rotatable bonds is 6. The van der Waals surface area contributed by atoms with Crippen molar-refractivity contribution in [3.63, 3.8) is 0 Å². The third kappa shape index (κ3) is 4.37. The SMILES string of the molecule is O=C(N/N=C\C=C\c1ccccc1)C(O)(c1ccccc1)c1ccccc1. The summed E-state index contributed by atoms with van der Waals surface area (Å²) in [5.74, 6) is -0.621. The van der Waals surface area contributed by atoms with Crippen LogP contribution in [-0.4, -0.2) is 17.2 Å². The zero-order chi connectivity index (χ0) is 19.0. The molecule has 0 aliphatic carbocycles. The van der Waals surface area contributed by atoms with Gasteiger partial charge in [0.05, 0.1) is 0 Å². The molecule has 3 aromatic rings. The van der Waals surface area contributed by atoms with E-state index in [-0.39, 0.29) is 0 Å². The quantitative estimate of drug-likeness (QED) is 0.522. The van der Waals surface area contributed by atoms with E-state index >= 15 is 0 Å². The Kier molecular flexibility index (Phi) is 5.92. The van der Waals surface area contributed by atoms with Crippen molar-refractivity contribution in [2.45, 2.75) is 5.60 Å². The maximum absolute atomic E-state index is 12.8. The Bertz CT molecular complexity index is 881. The second-order valence-electron chi connectivity index (χ2n) is 5.93. The molecule has 3 aromatic carbocycles. The summed E-state index contributed by atoms with van der Waals surface area (Å²) >= 11 is 0. The van der Waals surface area contributed by atoms with Gasteiger partial charge in [0.25, 0.3) is 5.91 Å². The maximum Gasteiger partial charge on any atom is 0.281 e. The van der Waals surface area contributed by atoms with Gasteiger partial charge in [-0.1, -0.05) is 97.1 Å². The molecule has 0 aromatic heterocycles. The van der Waals surface area contributed by atoms with Crippen LogP contribution in [0.3, 0.4) is 0 Å². The fourth-order valence-electron chi connectivity index (χ4n) is 2.73. The van der Waals surface area contributed by atoms with E-state index in [1.54, 1.807) is 54.6 Å². The normalized spacial score (nSPS) is 11.7. The van der Waals surface area contributed by atoms with Crippen LogP contribution in [-0.2, 0) is 10.4 Å². The van der Waals surface area contributed by atoms with Gasteiger partial charge in [0.2, 0.25) is 0 Å². The van der Waals surface area contributed by atoms with E-state index in [4.69, 9.17) is 0 Å². The first-order valence-corrected chi connectivity index (χ1v) is 8.60. The highest BCUT2D eigenvalue weighted by atomic mass is 16.3. The van der Waals surface area contributed by atoms with E-state index in [0.29, 0.717) is 11.1 Å². The Hall–Kier alpha value is -3.50. The lowest BCUT2D eigenvalue weighted by Crippen LogP contribution is -2.43. The first-order chi connectivity index (χ1) is 13.2. The second kappa shape index (κ2) is 8.74. The van der Waals surface area contributed by atoms with Crippen LogP contribution >= 0.6 is 0 Å². The van der Waals surface area contributed by atoms with Gasteiger partial charge in [0.1, 0.15) is 0 Å². The van der Waals surface area contributed by atoms with Gasteiger partial charge in [-0.25, -0.2) is 5.43 Å². The third-order valence-electron chi connectivity index (χ3n) is 4.13. The third-order valence-corrected chi connectivity index (χ3v) is 4.13. The van der Waals surface area contributed by atoms with Crippen molar-refractivity contribution in [3.05, 3.63) is 114 Å². The Morgan fingerprint density at radius 1 is 0.815 bits per heavy atom. The standard InChI is InChI=1S/C23H20N2O2/c26-22(25-24-18-10-13-19-11-4-1-5-12-19)23(27,20-14-6-2-7-15-20)21-16-8-3-9-17-21/h1-18,27H,(H,25,26)/b13-10+,24-18-. The van der Waals surface area contributed by atoms with Crippen LogP contribution in [0, 0.1) is 0 Å². The molecule has 0 aliphatic heterocycles. The summed E-state index contributed by atoms with van der Waals surface area (Å²) in [5.41, 5.74) is 2.58. The van der Waals surface area contributed by atoms with E-state index in [2.05, 4.69) is 10.5 Å². The molecule has 0 spiro atoms. The average molecular weight is 356 g/mol. The Balaban J connectivity index is 1.78. The van der Waals surface area contributed by atoms with Crippen molar-refractivity contribution >= 4 is 18.2 Å². The number of hydrazone groups is 1. The van der Waals surface area contributed by atoms with E-state index in [0.717, 1.165) is 5.56 Å². The number of nitrogens with zero attached hydrogens (tertiary/aromatic N) is 1. The molecular weight excluding hydrogens is 336 g/mol. The summed E-state index contributed by atoms with van der Waals surface area (Å²) in [5, 5.41) is 15.2. The molecule has 0 heterocycles. The summed E-state index contributed by atoms with van der Waals surface area (Å²) in [4.78, 5) is 12.8. The summed E-state index contributed by atoms with van der Waals surface area (Å²) < 4.78 is 0. The zero-order valence-corrected chi connectivity index (χ0v) is 14.7. The maximum atomic E-state index is 12.8. The monoisotopic (exact) mass is 356 g/mol. The van der Waals surface area contributed by atoms with Crippen molar-refractivity contribution in [3.8, 4) is 0 Å². The van der Waals surface area contributed by atoms with Crippen LogP contribution in [0.15, 0.2) is 102 Å². The first kappa shape index (κ1) is 18.3. The predicted molar refractivity (Wildman–Crippen MR) is 108 cm³/mol. The molecule has 0 bridgehead atoms. The minimum atomic E-state index is -1.83. The molecule has 0 fully saturated rings. The first-order valence-electron chi connectivity index (χ1n) is 8.60. The fraction of sp³-hybridized carbons (Fsp3) is 0.0435. The number of benzene rings is 3. The molecule has 1 amide bonds. The molecule has 0 atom stereocenters. The highest BCUT2D eigenvalue weighted by Crippen LogP contribution is 2.29. The molecular formula is C23H20N2O2. The molecule has 0 aliphatic rings. The largest absolute Gasteiger partial charge is 0.372 e. The van der Waals surface area contributed by atoms with Crippen molar-refractivity contribution in [2.24, 2.45) is 5.10 Å². The highest BCUT2D eigenvalue weighted by Gasteiger charge is 2.39. The average Bonchev–Trinajstić information content (AvgIpc) is 2.74. The number of aliphatic hydroxyl groups is 1. The van der Waals surface area contributed by atoms with Crippen molar-refractivity contribution in [1.29, 1.82) is 0 Å². The number of allylic oxidation sites excluding steroid dienone is 1. The van der Waals surface area contributed by atoms with E-state index < -0.39 is 11.5 Å². The molecule has 2 N–H and O–H groups in total. The summed E-state index contributed by atoms with van der Waals surface area (Å²) in [6.07, 6.45) is 5.07. The zero-order valence-electron chi connectivity index (χ0n) is 14.7. The van der Waals surface area contributed by atoms with Crippen LogP contribution in [0.2, 0.25) is 0 Å². The molecule has 4 heteroatoms. The van der Waals surface area contributed by atoms with Gasteiger partial charge in [-0.2, -0.15) is 5.10 Å². The summed E-state index contributed by atoms with van der Waals surface area (Å²) in [6, 6.07) is 27.4. The van der Waals surface area contributed by atoms with Crippen LogP contribution in [0.5, 0.6) is 0 Å². The van der Waals surface area contributed by atoms with Gasteiger partial charge < -0.3 is 5.11 Å². The molecule has 3 rings (SSSR count). The second-order valence-corrected chi connectivity index (χ2v) is 5.93. The topological polar surface area (TPSA) is 61.7 Å². The molecule has 0 unspecified atom stereocenters. The van der Waals surface area contributed by atoms with Crippen LogP contribution in [0.1, 0.15) is 16.7 Å². The van der Waals surface area contributed by atoms with Gasteiger partial charge >= 0.3 is 0 Å². The van der Waals surface area contributed by atoms with Crippen LogP contribution in [0.4, 0.5) is 0 Å². The number of nitrogens with one attached hydrogen (secondary N) is 1. The van der Waals surface area contributed by atoms with Gasteiger partial charge in [0.15, 0.2) is 5.60 Å². The minimum Gasteiger partial charge on any atom is -0.372 e. The van der Waals surface area contributed by atoms with Gasteiger partial charge in [-0.15, -0.1) is 0 Å². The number of hydrogen-bond donors (Lipinski definition) is 2. The molecule has 27 heavy (non-hydrogen) atoms. The number of amides is 1. The molecule has 0 saturated heterocycles. The van der Waals surface area contributed by atoms with Crippen LogP contribution in [0.25, 0.3) is 6.08 Å². The van der Waals surface area contributed by atoms with Crippen molar-refractivity contribution in [1.82, 2.24) is 5.43 Å². The van der Waals surface area contributed by atoms with Crippen LogP contribution < -0.4 is 5.43 Å². The lowest BCUT2D eigenvalue weighted by Gasteiger charge is -2.26. The fourth-order valence-corrected chi connectivity index (χ4v) is 2.73. The summed E-state index contributed by atoms with van der Waals surface area (Å²) in [6.45, 7) is 0. The lowest BCUT2D eigenvalue weighted by molar-refractivity contribution is -0.136. The Morgan fingerprint density at radius 3 is 1.81 bits per heavy atom. The highest BCUT2D eigenvalue weighted by molar-refractivity contribution is 5.90. The molecule has 0 radical (unpaired) electrons. The molecule has 4 nitrogen and oxygen atoms in total. The lowest BCUT2D eigenvalue weighted by atomic mass is 9.85. The molecule has 134 valence electrons. The molecule has 0 saturated carbocycles. The smallest absolute Gasteiger partial charge is 0.281 e. The van der Waals surface area contributed by atoms with Gasteiger partial charge in [-0.05, 0) is 22.8 Å². The van der Waals surface area contributed by atoms with Crippen molar-refractivity contribution in [2.75, 3.05) is 0 Å². The van der Waals surface area contributed by atoms with Crippen molar-refractivity contribution < 1.29 is 9.90 Å². The Labute approximate surface area is 158 Å². The summed E-state index contributed by atoms with van der Waals surface area (Å²) in [7, 11) is 0. The van der Waals surface area contributed by atoms with E-state index in [9.17, 15) is 9.90 Å². The van der Waals surface area contributed by atoms with E-state index in [1.807, 2.05) is 48.5 Å². The number of carbonyl (C=O) groups is 1. The van der Waals surface area contributed by atoms with E-state index in [1.165, 1.54) is 6.21 Å². The Morgan fingerprint density at radius 2 is 1.30 bits per heavy atom. The number of carbonyl (C=O) groups excluding carboxylic acids is 1. The minimum absolute atomic E-state index is 0.476. The van der Waals surface area contributed by atoms with Gasteiger partial charge in [-0.3, -0.25) is 4.79 Å². The van der Waals surface area contributed by atoms with Gasteiger partial charge in [0, 0.05) is 6.21 Å².